The Kier molecular flexibility index (Phi) is 2.99. The number of ether oxygens (including phenoxy) is 1. The number of fused-ring (bicyclic) bond motifs is 1. The summed E-state index contributed by atoms with van der Waals surface area (Å²) in [6.07, 6.45) is 2.87. The van der Waals surface area contributed by atoms with E-state index >= 15 is 0 Å². The van der Waals surface area contributed by atoms with Gasteiger partial charge in [-0.25, -0.2) is 4.98 Å². The predicted octanol–water partition coefficient (Wildman–Crippen LogP) is 1.53. The fourth-order valence-electron chi connectivity index (χ4n) is 1.77. The van der Waals surface area contributed by atoms with Crippen molar-refractivity contribution in [3.05, 3.63) is 23.9 Å². The molecule has 0 aromatic carbocycles. The zero-order valence-corrected chi connectivity index (χ0v) is 9.10. The van der Waals surface area contributed by atoms with Crippen LogP contribution in [0.25, 0.3) is 0 Å². The number of aromatic nitrogens is 1. The van der Waals surface area contributed by atoms with Crippen LogP contribution in [0.5, 0.6) is 5.88 Å². The molecule has 2 heterocycles. The average molecular weight is 219 g/mol. The molecule has 1 aromatic heterocycles. The van der Waals surface area contributed by atoms with Gasteiger partial charge in [0, 0.05) is 24.6 Å². The fourth-order valence-corrected chi connectivity index (χ4v) is 1.77. The van der Waals surface area contributed by atoms with Crippen molar-refractivity contribution in [1.29, 1.82) is 0 Å². The molecular formula is C12H13NO3. The van der Waals surface area contributed by atoms with E-state index in [1.165, 1.54) is 0 Å². The molecule has 16 heavy (non-hydrogen) atoms. The van der Waals surface area contributed by atoms with Crippen LogP contribution in [0.1, 0.15) is 25.3 Å². The molecule has 1 aliphatic heterocycles. The molecule has 0 bridgehead atoms. The first-order valence-corrected chi connectivity index (χ1v) is 5.38. The second-order valence-corrected chi connectivity index (χ2v) is 3.89. The van der Waals surface area contributed by atoms with Crippen molar-refractivity contribution in [2.24, 2.45) is 5.92 Å². The molecule has 0 N–H and O–H groups in total. The number of ketones is 1. The van der Waals surface area contributed by atoms with Gasteiger partial charge in [-0.2, -0.15) is 0 Å². The Morgan fingerprint density at radius 1 is 1.62 bits per heavy atom. The summed E-state index contributed by atoms with van der Waals surface area (Å²) < 4.78 is 5.09. The molecule has 84 valence electrons. The molecule has 1 aliphatic rings. The van der Waals surface area contributed by atoms with Gasteiger partial charge >= 0.3 is 5.97 Å². The molecule has 1 atom stereocenters. The minimum Gasteiger partial charge on any atom is -0.407 e. The van der Waals surface area contributed by atoms with Crippen LogP contribution in [-0.2, 0) is 16.0 Å². The maximum absolute atomic E-state index is 11.6. The van der Waals surface area contributed by atoms with Gasteiger partial charge in [0.2, 0.25) is 5.88 Å². The van der Waals surface area contributed by atoms with Gasteiger partial charge < -0.3 is 4.74 Å². The molecule has 0 saturated carbocycles. The standard InChI is InChI=1S/C12H13NO3/c1-2-10(14)7-9-6-8-4-3-5-13-11(8)16-12(9)15/h3-5,9H,2,6-7H2,1H3. The summed E-state index contributed by atoms with van der Waals surface area (Å²) in [7, 11) is 0. The zero-order valence-electron chi connectivity index (χ0n) is 9.10. The van der Waals surface area contributed by atoms with Crippen molar-refractivity contribution < 1.29 is 14.3 Å². The van der Waals surface area contributed by atoms with Gasteiger partial charge in [-0.05, 0) is 12.5 Å². The number of rotatable bonds is 3. The molecule has 4 heteroatoms. The molecule has 1 unspecified atom stereocenters. The number of carbonyl (C=O) groups excluding carboxylic acids is 2. The lowest BCUT2D eigenvalue weighted by Crippen LogP contribution is -2.29. The number of carbonyl (C=O) groups is 2. The summed E-state index contributed by atoms with van der Waals surface area (Å²) >= 11 is 0. The van der Waals surface area contributed by atoms with Crippen molar-refractivity contribution in [3.63, 3.8) is 0 Å². The Morgan fingerprint density at radius 3 is 3.19 bits per heavy atom. The van der Waals surface area contributed by atoms with Crippen LogP contribution in [0.4, 0.5) is 0 Å². The third kappa shape index (κ3) is 2.10. The summed E-state index contributed by atoms with van der Waals surface area (Å²) in [5, 5.41) is 0. The zero-order chi connectivity index (χ0) is 11.5. The molecule has 2 rings (SSSR count). The van der Waals surface area contributed by atoms with E-state index in [1.54, 1.807) is 19.2 Å². The van der Waals surface area contributed by atoms with Gasteiger partial charge in [-0.15, -0.1) is 0 Å². The minimum atomic E-state index is -0.343. The molecule has 0 amide bonds. The second kappa shape index (κ2) is 4.43. The minimum absolute atomic E-state index is 0.0919. The SMILES string of the molecule is CCC(=O)CC1Cc2cccnc2OC1=O. The third-order valence-electron chi connectivity index (χ3n) is 2.72. The van der Waals surface area contributed by atoms with Crippen molar-refractivity contribution in [2.45, 2.75) is 26.2 Å². The quantitative estimate of drug-likeness (QED) is 0.723. The molecule has 0 spiro atoms. The third-order valence-corrected chi connectivity index (χ3v) is 2.72. The van der Waals surface area contributed by atoms with Crippen molar-refractivity contribution >= 4 is 11.8 Å². The van der Waals surface area contributed by atoms with Crippen LogP contribution >= 0.6 is 0 Å². The number of pyridine rings is 1. The van der Waals surface area contributed by atoms with Crippen LogP contribution in [-0.4, -0.2) is 16.7 Å². The number of esters is 1. The van der Waals surface area contributed by atoms with Crippen LogP contribution in [0.2, 0.25) is 0 Å². The molecular weight excluding hydrogens is 206 g/mol. The van der Waals surface area contributed by atoms with E-state index in [1.807, 2.05) is 6.07 Å². The Hall–Kier alpha value is -1.71. The molecule has 4 nitrogen and oxygen atoms in total. The van der Waals surface area contributed by atoms with Crippen molar-refractivity contribution in [2.75, 3.05) is 0 Å². The predicted molar refractivity (Wildman–Crippen MR) is 57.0 cm³/mol. The highest BCUT2D eigenvalue weighted by atomic mass is 16.5. The number of Topliss-reactive ketones (excluding diaryl/α,β-unsaturated/α-hetero) is 1. The van der Waals surface area contributed by atoms with E-state index in [9.17, 15) is 9.59 Å². The topological polar surface area (TPSA) is 56.3 Å². The molecule has 0 aliphatic carbocycles. The van der Waals surface area contributed by atoms with Crippen molar-refractivity contribution in [3.8, 4) is 5.88 Å². The van der Waals surface area contributed by atoms with Gasteiger partial charge in [-0.1, -0.05) is 13.0 Å². The Bertz CT molecular complexity index is 428. The van der Waals surface area contributed by atoms with E-state index in [0.717, 1.165) is 5.56 Å². The average Bonchev–Trinajstić information content (AvgIpc) is 2.30. The largest absolute Gasteiger partial charge is 0.407 e. The lowest BCUT2D eigenvalue weighted by Gasteiger charge is -2.21. The lowest BCUT2D eigenvalue weighted by molar-refractivity contribution is -0.142. The summed E-state index contributed by atoms with van der Waals surface area (Å²) in [5.41, 5.74) is 0.899. The number of hydrogen-bond acceptors (Lipinski definition) is 4. The maximum Gasteiger partial charge on any atom is 0.316 e. The first-order chi connectivity index (χ1) is 7.70. The molecule has 0 fully saturated rings. The fraction of sp³-hybridized carbons (Fsp3) is 0.417. The van der Waals surface area contributed by atoms with Crippen LogP contribution in [0.3, 0.4) is 0 Å². The van der Waals surface area contributed by atoms with Crippen LogP contribution in [0.15, 0.2) is 18.3 Å². The van der Waals surface area contributed by atoms with Gasteiger partial charge in [-0.3, -0.25) is 9.59 Å². The van der Waals surface area contributed by atoms with Gasteiger partial charge in [0.25, 0.3) is 0 Å². The lowest BCUT2D eigenvalue weighted by atomic mass is 9.92. The normalized spacial score (nSPS) is 18.8. The number of hydrogen-bond donors (Lipinski definition) is 0. The van der Waals surface area contributed by atoms with Crippen LogP contribution < -0.4 is 4.74 Å². The highest BCUT2D eigenvalue weighted by Crippen LogP contribution is 2.27. The molecule has 1 aromatic rings. The van der Waals surface area contributed by atoms with Crippen LogP contribution in [0, 0.1) is 5.92 Å². The van der Waals surface area contributed by atoms with E-state index in [0.29, 0.717) is 18.7 Å². The Labute approximate surface area is 93.6 Å². The smallest absolute Gasteiger partial charge is 0.316 e. The Morgan fingerprint density at radius 2 is 2.44 bits per heavy atom. The summed E-state index contributed by atoms with van der Waals surface area (Å²) in [6.45, 7) is 1.80. The highest BCUT2D eigenvalue weighted by molar-refractivity contribution is 5.86. The molecule has 0 saturated heterocycles. The summed E-state index contributed by atoms with van der Waals surface area (Å²) in [4.78, 5) is 26.9. The summed E-state index contributed by atoms with van der Waals surface area (Å²) in [5.74, 6) is -0.209. The van der Waals surface area contributed by atoms with E-state index < -0.39 is 0 Å². The van der Waals surface area contributed by atoms with Gasteiger partial charge in [0.1, 0.15) is 5.78 Å². The highest BCUT2D eigenvalue weighted by Gasteiger charge is 2.30. The molecule has 0 radical (unpaired) electrons. The second-order valence-electron chi connectivity index (χ2n) is 3.89. The maximum atomic E-state index is 11.6. The summed E-state index contributed by atoms with van der Waals surface area (Å²) in [6, 6.07) is 3.68. The van der Waals surface area contributed by atoms with Gasteiger partial charge in [0.05, 0.1) is 5.92 Å². The Balaban J connectivity index is 2.15. The first-order valence-electron chi connectivity index (χ1n) is 5.38. The van der Waals surface area contributed by atoms with Crippen molar-refractivity contribution in [1.82, 2.24) is 4.98 Å². The monoisotopic (exact) mass is 219 g/mol. The van der Waals surface area contributed by atoms with E-state index in [2.05, 4.69) is 4.98 Å². The first kappa shape index (κ1) is 10.8. The van der Waals surface area contributed by atoms with Gasteiger partial charge in [0.15, 0.2) is 0 Å². The number of nitrogens with zero attached hydrogens (tertiary/aromatic N) is 1. The van der Waals surface area contributed by atoms with E-state index in [4.69, 9.17) is 4.74 Å². The van der Waals surface area contributed by atoms with E-state index in [-0.39, 0.29) is 24.1 Å².